The highest BCUT2D eigenvalue weighted by Crippen LogP contribution is 2.40. The summed E-state index contributed by atoms with van der Waals surface area (Å²) < 4.78 is 141. The van der Waals surface area contributed by atoms with Crippen LogP contribution in [0.5, 0.6) is 5.75 Å². The number of sulfonamides is 1. The van der Waals surface area contributed by atoms with Crippen LogP contribution < -0.4 is 20.1 Å². The lowest BCUT2D eigenvalue weighted by molar-refractivity contribution is -0.127. The van der Waals surface area contributed by atoms with Gasteiger partial charge >= 0.3 is 12.8 Å². The van der Waals surface area contributed by atoms with Crippen LogP contribution in [0, 0.1) is 17.7 Å². The molecule has 1 fully saturated rings. The van der Waals surface area contributed by atoms with Gasteiger partial charge in [-0.25, -0.2) is 26.3 Å². The molecule has 0 radical (unpaired) electrons. The van der Waals surface area contributed by atoms with E-state index >= 15 is 0 Å². The van der Waals surface area contributed by atoms with Gasteiger partial charge < -0.3 is 20.3 Å². The van der Waals surface area contributed by atoms with E-state index in [1.165, 1.54) is 27.8 Å². The van der Waals surface area contributed by atoms with Crippen LogP contribution in [0.1, 0.15) is 23.8 Å². The molecule has 250 valence electrons. The number of nitrogens with one attached hydrogen (secondary N) is 3. The van der Waals surface area contributed by atoms with E-state index in [9.17, 15) is 48.3 Å². The van der Waals surface area contributed by atoms with Crippen LogP contribution >= 0.6 is 11.3 Å². The fourth-order valence-corrected chi connectivity index (χ4v) is 7.05. The lowest BCUT2D eigenvalue weighted by Gasteiger charge is -2.37. The van der Waals surface area contributed by atoms with E-state index in [0.717, 1.165) is 18.3 Å². The number of carbonyl (C=O) groups excluding carboxylic acids is 1. The van der Waals surface area contributed by atoms with Crippen molar-refractivity contribution in [3.05, 3.63) is 46.6 Å². The number of thiophene rings is 1. The molecule has 3 N–H and O–H groups in total. The number of amides is 1. The third-order valence-corrected chi connectivity index (χ3v) is 9.35. The normalized spacial score (nSPS) is 17.0. The first-order valence-corrected chi connectivity index (χ1v) is 15.6. The molecule has 3 aromatic rings. The average molecular weight is 699 g/mol. The van der Waals surface area contributed by atoms with Crippen LogP contribution in [-0.2, 0) is 21.2 Å². The minimum absolute atomic E-state index is 0.0366. The smallest absolute Gasteiger partial charge is 0.393 e. The number of hydrogen-bond donors (Lipinski definition) is 3. The molecule has 0 saturated carbocycles. The summed E-state index contributed by atoms with van der Waals surface area (Å²) in [5.74, 6) is -1.32. The Bertz CT molecular complexity index is 1790. The Morgan fingerprint density at radius 2 is 1.93 bits per heavy atom. The Kier molecular flexibility index (Phi) is 10.3. The number of piperidine rings is 1. The van der Waals surface area contributed by atoms with Gasteiger partial charge in [0.2, 0.25) is 5.91 Å². The predicted molar refractivity (Wildman–Crippen MR) is 155 cm³/mol. The molecule has 46 heavy (non-hydrogen) atoms. The maximum absolute atomic E-state index is 14.7. The van der Waals surface area contributed by atoms with Crippen molar-refractivity contribution in [2.75, 3.05) is 37.3 Å². The van der Waals surface area contributed by atoms with E-state index in [2.05, 4.69) is 27.2 Å². The molecule has 0 bridgehead atoms. The second-order valence-electron chi connectivity index (χ2n) is 10.3. The van der Waals surface area contributed by atoms with Gasteiger partial charge in [-0.3, -0.25) is 4.79 Å². The second kappa shape index (κ2) is 13.5. The van der Waals surface area contributed by atoms with E-state index in [1.807, 2.05) is 0 Å². The molecule has 1 unspecified atom stereocenters. The van der Waals surface area contributed by atoms with Gasteiger partial charge in [0.05, 0.1) is 46.5 Å². The van der Waals surface area contributed by atoms with Gasteiger partial charge in [-0.2, -0.15) is 22.0 Å². The molecule has 0 aliphatic carbocycles. The summed E-state index contributed by atoms with van der Waals surface area (Å²) in [4.78, 5) is 11.5. The number of likely N-dealkylation sites (tertiary alicyclic amines) is 1. The van der Waals surface area contributed by atoms with Crippen LogP contribution in [0.2, 0.25) is 0 Å². The molecule has 1 aliphatic rings. The highest BCUT2D eigenvalue weighted by Gasteiger charge is 2.44. The van der Waals surface area contributed by atoms with Gasteiger partial charge in [0.25, 0.3) is 15.9 Å². The zero-order valence-corrected chi connectivity index (χ0v) is 25.6. The zero-order chi connectivity index (χ0) is 34.0. The van der Waals surface area contributed by atoms with Crippen molar-refractivity contribution in [3.8, 4) is 17.6 Å². The molecule has 8 nitrogen and oxygen atoms in total. The molecule has 1 atom stereocenters. The first kappa shape index (κ1) is 35.0. The van der Waals surface area contributed by atoms with Crippen molar-refractivity contribution in [2.24, 2.45) is 0 Å². The highest BCUT2D eigenvalue weighted by molar-refractivity contribution is 7.90. The second-order valence-corrected chi connectivity index (χ2v) is 13.0. The largest absolute Gasteiger partial charge is 0.433 e. The number of fused-ring (bicyclic) bond motifs is 1. The molecule has 4 rings (SSSR count). The zero-order valence-electron chi connectivity index (χ0n) is 24.0. The molecule has 1 aromatic heterocycles. The number of halogens is 8. The number of carbonyl (C=O) groups is 1. The summed E-state index contributed by atoms with van der Waals surface area (Å²) in [5, 5.41) is 5.41. The molecule has 1 saturated heterocycles. The Labute approximate surface area is 262 Å². The Morgan fingerprint density at radius 1 is 1.22 bits per heavy atom. The van der Waals surface area contributed by atoms with E-state index < -0.39 is 82.3 Å². The highest BCUT2D eigenvalue weighted by atomic mass is 32.2. The van der Waals surface area contributed by atoms with Crippen molar-refractivity contribution < 1.29 is 53.1 Å². The minimum atomic E-state index is -4.78. The molecular formula is C28H26F8N4O4S2. The summed E-state index contributed by atoms with van der Waals surface area (Å²) in [5.41, 5.74) is -0.449. The summed E-state index contributed by atoms with van der Waals surface area (Å²) in [6.07, 6.45) is -5.93. The minimum Gasteiger partial charge on any atom is -0.433 e. The van der Waals surface area contributed by atoms with Crippen molar-refractivity contribution >= 4 is 48.7 Å². The van der Waals surface area contributed by atoms with Crippen molar-refractivity contribution in [1.82, 2.24) is 9.62 Å². The fourth-order valence-electron chi connectivity index (χ4n) is 4.82. The first-order valence-electron chi connectivity index (χ1n) is 13.3. The van der Waals surface area contributed by atoms with Gasteiger partial charge in [0, 0.05) is 25.6 Å². The topological polar surface area (TPSA) is 99.8 Å². The lowest BCUT2D eigenvalue weighted by Crippen LogP contribution is -2.53. The van der Waals surface area contributed by atoms with E-state index in [4.69, 9.17) is 0 Å². The Morgan fingerprint density at radius 3 is 2.57 bits per heavy atom. The number of rotatable bonds is 9. The number of nitrogens with zero attached hydrogens (tertiary/aromatic N) is 1. The van der Waals surface area contributed by atoms with Crippen molar-refractivity contribution in [3.63, 3.8) is 0 Å². The van der Waals surface area contributed by atoms with Crippen LogP contribution in [0.4, 0.5) is 46.5 Å². The lowest BCUT2D eigenvalue weighted by atomic mass is 10.0. The summed E-state index contributed by atoms with van der Waals surface area (Å²) in [7, 11) is -3.22. The van der Waals surface area contributed by atoms with E-state index in [-0.39, 0.29) is 32.6 Å². The van der Waals surface area contributed by atoms with E-state index in [0.29, 0.717) is 18.7 Å². The first-order chi connectivity index (χ1) is 21.4. The average Bonchev–Trinajstić information content (AvgIpc) is 3.24. The maximum Gasteiger partial charge on any atom is 0.393 e. The molecule has 1 amide bonds. The van der Waals surface area contributed by atoms with Gasteiger partial charge in [-0.1, -0.05) is 24.0 Å². The van der Waals surface area contributed by atoms with Gasteiger partial charge in [0.15, 0.2) is 5.75 Å². The molecule has 0 spiro atoms. The molecular weight excluding hydrogens is 672 g/mol. The van der Waals surface area contributed by atoms with Crippen LogP contribution in [0.3, 0.4) is 0 Å². The third kappa shape index (κ3) is 8.50. The third-order valence-electron chi connectivity index (χ3n) is 6.70. The quantitative estimate of drug-likeness (QED) is 0.192. The molecule has 2 heterocycles. The number of benzene rings is 2. The summed E-state index contributed by atoms with van der Waals surface area (Å²) in [6.45, 7) is -3.19. The number of hydrogen-bond acceptors (Lipinski definition) is 8. The number of ether oxygens (including phenoxy) is 1. The molecule has 1 aliphatic heterocycles. The Balaban J connectivity index is 1.65. The van der Waals surface area contributed by atoms with Crippen molar-refractivity contribution in [1.29, 1.82) is 0 Å². The standard InChI is InChI=1S/C28H26F8N4O4S2/c1-15(41)39-46(42,43)23-12-21(44-26(30)31)20(11-18(23)29)37-9-4-7-22-17(13-28(34,35)36)16-5-3-6-19(25(16)45-22)38-24-8-10-40(2)14-27(24,32)33/h3,5-6,11-12,24,26,37-38H,8-10,13-14H2,1-2H3,(H,39,41). The summed E-state index contributed by atoms with van der Waals surface area (Å²) >= 11 is 0.846. The number of anilines is 2. The number of alkyl halides is 7. The Hall–Kier alpha value is -3.82. The molecule has 18 heteroatoms. The monoisotopic (exact) mass is 698 g/mol. The molecule has 2 aromatic carbocycles. The summed E-state index contributed by atoms with van der Waals surface area (Å²) in [6, 6.07) is 4.03. The maximum atomic E-state index is 14.7. The SMILES string of the molecule is CC(=O)NS(=O)(=O)c1cc(OC(F)F)c(NCC#Cc2sc3c(NC4CCN(C)CC4(F)F)cccc3c2CC(F)(F)F)cc1F. The van der Waals surface area contributed by atoms with Crippen molar-refractivity contribution in [2.45, 2.75) is 49.4 Å². The fraction of sp³-hybridized carbons (Fsp3) is 0.393. The predicted octanol–water partition coefficient (Wildman–Crippen LogP) is 5.79. The van der Waals surface area contributed by atoms with Crippen LogP contribution in [-0.4, -0.2) is 70.7 Å². The van der Waals surface area contributed by atoms with Gasteiger partial charge in [-0.05, 0) is 30.5 Å². The van der Waals surface area contributed by atoms with Crippen LogP contribution in [0.15, 0.2) is 35.2 Å². The van der Waals surface area contributed by atoms with Gasteiger partial charge in [0.1, 0.15) is 10.7 Å². The van der Waals surface area contributed by atoms with E-state index in [1.54, 1.807) is 7.05 Å². The van der Waals surface area contributed by atoms with Crippen LogP contribution in [0.25, 0.3) is 10.1 Å². The van der Waals surface area contributed by atoms with Gasteiger partial charge in [-0.15, -0.1) is 11.3 Å².